The minimum atomic E-state index is -0.476. The number of nitrogen functional groups attached to an aromatic ring is 1. The lowest BCUT2D eigenvalue weighted by molar-refractivity contribution is -0.127. The van der Waals surface area contributed by atoms with Crippen LogP contribution in [0.2, 0.25) is 0 Å². The maximum Gasteiger partial charge on any atom is 0.264 e. The van der Waals surface area contributed by atoms with Crippen LogP contribution in [0.4, 0.5) is 10.2 Å². The molecule has 0 radical (unpaired) electrons. The van der Waals surface area contributed by atoms with E-state index in [1.54, 1.807) is 35.2 Å². The maximum atomic E-state index is 15.5. The molecule has 42 heavy (non-hydrogen) atoms. The van der Waals surface area contributed by atoms with Crippen molar-refractivity contribution in [1.29, 1.82) is 5.26 Å². The van der Waals surface area contributed by atoms with E-state index in [9.17, 15) is 10.1 Å². The number of benzene rings is 2. The fourth-order valence-corrected chi connectivity index (χ4v) is 5.19. The quantitative estimate of drug-likeness (QED) is 0.224. The van der Waals surface area contributed by atoms with Crippen LogP contribution in [0.25, 0.3) is 22.2 Å². The number of aromatic nitrogens is 3. The molecule has 4 aromatic rings. The molecule has 1 aliphatic heterocycles. The van der Waals surface area contributed by atoms with Gasteiger partial charge >= 0.3 is 0 Å². The molecular weight excluding hydrogens is 533 g/mol. The average Bonchev–Trinajstić information content (AvgIpc) is 3.58. The largest absolute Gasteiger partial charge is 0.457 e. The van der Waals surface area contributed by atoms with E-state index in [2.05, 4.69) is 16.0 Å². The smallest absolute Gasteiger partial charge is 0.264 e. The molecule has 9 nitrogen and oxygen atoms in total. The Morgan fingerprint density at radius 3 is 2.64 bits per heavy atom. The SMILES string of the molecule is CN(C)C(C)(C)/C=C(/C#N)C(=O)N1CCC[C@H]1Cn1cc(-c2ccc(Oc3ccccc3)cc2F)c2c(N)ncnc21. The van der Waals surface area contributed by atoms with Crippen LogP contribution in [0, 0.1) is 17.1 Å². The Balaban J connectivity index is 1.46. The topological polar surface area (TPSA) is 113 Å². The van der Waals surface area contributed by atoms with E-state index in [0.29, 0.717) is 46.7 Å². The standard InChI is InChI=1S/C32H34FN7O2/c1-32(2,38(3)4)16-21(17-34)31(41)40-14-8-9-22(40)18-39-19-26(28-29(35)36-20-37-30(28)39)25-13-12-24(15-27(25)33)42-23-10-6-5-7-11-23/h5-7,10-13,15-16,19-20,22H,8-9,14,18H2,1-4H3,(H2,35,36,37)/b21-16-/t22-/m0/s1. The third kappa shape index (κ3) is 5.69. The molecule has 1 saturated heterocycles. The van der Waals surface area contributed by atoms with Gasteiger partial charge in [0.1, 0.15) is 46.8 Å². The van der Waals surface area contributed by atoms with Crippen molar-refractivity contribution in [3.8, 4) is 28.7 Å². The number of likely N-dealkylation sites (tertiary alicyclic amines) is 1. The molecule has 1 aliphatic rings. The summed E-state index contributed by atoms with van der Waals surface area (Å²) in [4.78, 5) is 25.9. The lowest BCUT2D eigenvalue weighted by Gasteiger charge is -2.30. The van der Waals surface area contributed by atoms with Gasteiger partial charge in [-0.05, 0) is 71.1 Å². The first-order valence-electron chi connectivity index (χ1n) is 13.8. The number of rotatable bonds is 8. The van der Waals surface area contributed by atoms with Gasteiger partial charge in [0.05, 0.1) is 11.4 Å². The molecule has 1 amide bonds. The summed E-state index contributed by atoms with van der Waals surface area (Å²) in [7, 11) is 3.81. The van der Waals surface area contributed by atoms with Crippen LogP contribution in [0.15, 0.2) is 72.7 Å². The first-order valence-corrected chi connectivity index (χ1v) is 13.8. The summed E-state index contributed by atoms with van der Waals surface area (Å²) < 4.78 is 23.2. The van der Waals surface area contributed by atoms with Crippen molar-refractivity contribution in [3.05, 3.63) is 78.5 Å². The molecule has 2 N–H and O–H groups in total. The highest BCUT2D eigenvalue weighted by Gasteiger charge is 2.33. The Morgan fingerprint density at radius 1 is 1.19 bits per heavy atom. The number of ether oxygens (including phenoxy) is 1. The van der Waals surface area contributed by atoms with E-state index in [1.165, 1.54) is 12.4 Å². The number of anilines is 1. The fraction of sp³-hybridized carbons (Fsp3) is 0.312. The third-order valence-electron chi connectivity index (χ3n) is 7.94. The summed E-state index contributed by atoms with van der Waals surface area (Å²) in [5.74, 6) is 0.442. The molecule has 0 aliphatic carbocycles. The highest BCUT2D eigenvalue weighted by Crippen LogP contribution is 2.37. The number of para-hydroxylation sites is 1. The first kappa shape index (κ1) is 28.8. The lowest BCUT2D eigenvalue weighted by Crippen LogP contribution is -2.41. The van der Waals surface area contributed by atoms with E-state index >= 15 is 4.39 Å². The highest BCUT2D eigenvalue weighted by molar-refractivity contribution is 6.01. The zero-order chi connectivity index (χ0) is 30.0. The van der Waals surface area contributed by atoms with Gasteiger partial charge in [-0.15, -0.1) is 0 Å². The Morgan fingerprint density at radius 2 is 1.95 bits per heavy atom. The van der Waals surface area contributed by atoms with Crippen molar-refractivity contribution >= 4 is 22.8 Å². The summed E-state index contributed by atoms with van der Waals surface area (Å²) in [5, 5.41) is 10.4. The zero-order valence-corrected chi connectivity index (χ0v) is 24.2. The zero-order valence-electron chi connectivity index (χ0n) is 24.2. The van der Waals surface area contributed by atoms with Gasteiger partial charge in [-0.1, -0.05) is 18.2 Å². The van der Waals surface area contributed by atoms with Gasteiger partial charge in [-0.2, -0.15) is 5.26 Å². The molecule has 10 heteroatoms. The fourth-order valence-electron chi connectivity index (χ4n) is 5.19. The van der Waals surface area contributed by atoms with E-state index < -0.39 is 11.4 Å². The van der Waals surface area contributed by atoms with Crippen molar-refractivity contribution in [2.24, 2.45) is 0 Å². The number of amides is 1. The van der Waals surface area contributed by atoms with Crippen molar-refractivity contribution < 1.29 is 13.9 Å². The van der Waals surface area contributed by atoms with E-state index in [4.69, 9.17) is 10.5 Å². The Kier molecular flexibility index (Phi) is 7.96. The molecule has 1 fully saturated rings. The number of likely N-dealkylation sites (N-methyl/N-ethyl adjacent to an activating group) is 1. The van der Waals surface area contributed by atoms with Crippen LogP contribution in [0.1, 0.15) is 26.7 Å². The number of carbonyl (C=O) groups excluding carboxylic acids is 1. The third-order valence-corrected chi connectivity index (χ3v) is 7.94. The van der Waals surface area contributed by atoms with Gasteiger partial charge in [0.15, 0.2) is 0 Å². The number of carbonyl (C=O) groups is 1. The van der Waals surface area contributed by atoms with E-state index in [1.807, 2.05) is 61.8 Å². The number of nitrogens with two attached hydrogens (primary N) is 1. The first-order chi connectivity index (χ1) is 20.1. The van der Waals surface area contributed by atoms with Crippen LogP contribution in [0.3, 0.4) is 0 Å². The maximum absolute atomic E-state index is 15.5. The van der Waals surface area contributed by atoms with Crippen LogP contribution in [-0.4, -0.2) is 62.5 Å². The predicted molar refractivity (Wildman–Crippen MR) is 160 cm³/mol. The summed E-state index contributed by atoms with van der Waals surface area (Å²) in [6, 6.07) is 15.8. The van der Waals surface area contributed by atoms with Gasteiger partial charge in [0.2, 0.25) is 0 Å². The number of nitrogens with zero attached hydrogens (tertiary/aromatic N) is 6. The number of hydrogen-bond donors (Lipinski definition) is 1. The molecule has 2 aromatic carbocycles. The van der Waals surface area contributed by atoms with Crippen LogP contribution in [-0.2, 0) is 11.3 Å². The number of halogens is 1. The van der Waals surface area contributed by atoms with Crippen LogP contribution < -0.4 is 10.5 Å². The van der Waals surface area contributed by atoms with Gasteiger partial charge < -0.3 is 24.8 Å². The van der Waals surface area contributed by atoms with Gasteiger partial charge in [-0.3, -0.25) is 4.79 Å². The Labute approximate surface area is 244 Å². The summed E-state index contributed by atoms with van der Waals surface area (Å²) >= 11 is 0. The molecule has 216 valence electrons. The molecular formula is C32H34FN7O2. The molecule has 0 unspecified atom stereocenters. The summed E-state index contributed by atoms with van der Waals surface area (Å²) in [5.41, 5.74) is 7.37. The van der Waals surface area contributed by atoms with E-state index in [-0.39, 0.29) is 23.3 Å². The molecule has 3 heterocycles. The normalized spacial score (nSPS) is 15.8. The van der Waals surface area contributed by atoms with Crippen molar-refractivity contribution in [1.82, 2.24) is 24.3 Å². The Bertz CT molecular complexity index is 1690. The molecule has 1 atom stereocenters. The van der Waals surface area contributed by atoms with Crippen molar-refractivity contribution in [2.45, 2.75) is 44.8 Å². The number of hydrogen-bond acceptors (Lipinski definition) is 7. The molecule has 5 rings (SSSR count). The Hall–Kier alpha value is -4.75. The predicted octanol–water partition coefficient (Wildman–Crippen LogP) is 5.39. The van der Waals surface area contributed by atoms with Crippen LogP contribution in [0.5, 0.6) is 11.5 Å². The summed E-state index contributed by atoms with van der Waals surface area (Å²) in [6.45, 7) is 4.86. The molecule has 0 saturated carbocycles. The van der Waals surface area contributed by atoms with Crippen LogP contribution >= 0.6 is 0 Å². The lowest BCUT2D eigenvalue weighted by atomic mass is 9.99. The summed E-state index contributed by atoms with van der Waals surface area (Å²) in [6.07, 6.45) is 6.48. The second-order valence-electron chi connectivity index (χ2n) is 11.2. The van der Waals surface area contributed by atoms with Crippen molar-refractivity contribution in [3.63, 3.8) is 0 Å². The molecule has 0 bridgehead atoms. The van der Waals surface area contributed by atoms with Crippen molar-refractivity contribution in [2.75, 3.05) is 26.4 Å². The highest BCUT2D eigenvalue weighted by atomic mass is 19.1. The molecule has 0 spiro atoms. The second kappa shape index (κ2) is 11.6. The van der Waals surface area contributed by atoms with E-state index in [0.717, 1.165) is 12.8 Å². The second-order valence-corrected chi connectivity index (χ2v) is 11.2. The van der Waals surface area contributed by atoms with Gasteiger partial charge in [0.25, 0.3) is 5.91 Å². The minimum absolute atomic E-state index is 0.116. The average molecular weight is 568 g/mol. The molecule has 2 aromatic heterocycles. The number of nitriles is 1. The monoisotopic (exact) mass is 567 g/mol. The number of fused-ring (bicyclic) bond motifs is 1. The minimum Gasteiger partial charge on any atom is -0.457 e. The van der Waals surface area contributed by atoms with Gasteiger partial charge in [0, 0.05) is 42.0 Å². The van der Waals surface area contributed by atoms with Gasteiger partial charge in [-0.25, -0.2) is 14.4 Å².